The smallest absolute Gasteiger partial charge is 0.0890 e. The topological polar surface area (TPSA) is 0 Å². The van der Waals surface area contributed by atoms with Crippen LogP contribution in [-0.2, 0) is 0 Å². The summed E-state index contributed by atoms with van der Waals surface area (Å²) in [5, 5.41) is 0. The Morgan fingerprint density at radius 3 is 2.27 bits per heavy atom. The van der Waals surface area contributed by atoms with Gasteiger partial charge in [0, 0.05) is 12.3 Å². The fourth-order valence-electron chi connectivity index (χ4n) is 2.41. The Balaban J connectivity index is 2.61. The SMILES string of the molecule is CCC1CC[N+](C)(CC)C1C. The van der Waals surface area contributed by atoms with Crippen LogP contribution in [0.25, 0.3) is 0 Å². The molecule has 0 aromatic heterocycles. The number of likely N-dealkylation sites (tertiary alicyclic amines) is 1. The number of hydrogen-bond donors (Lipinski definition) is 0. The van der Waals surface area contributed by atoms with E-state index in [1.165, 1.54) is 30.4 Å². The molecule has 0 aromatic carbocycles. The first-order chi connectivity index (χ1) is 5.14. The normalized spacial score (nSPS) is 44.7. The van der Waals surface area contributed by atoms with E-state index in [0.29, 0.717) is 0 Å². The van der Waals surface area contributed by atoms with Crippen LogP contribution >= 0.6 is 0 Å². The molecule has 0 N–H and O–H groups in total. The van der Waals surface area contributed by atoms with Crippen LogP contribution in [0.1, 0.15) is 33.6 Å². The van der Waals surface area contributed by atoms with Crippen molar-refractivity contribution in [1.82, 2.24) is 0 Å². The van der Waals surface area contributed by atoms with Crippen molar-refractivity contribution >= 4 is 0 Å². The molecule has 0 bridgehead atoms. The maximum absolute atomic E-state index is 2.42. The van der Waals surface area contributed by atoms with Gasteiger partial charge in [-0.25, -0.2) is 0 Å². The first kappa shape index (κ1) is 9.05. The molecule has 0 spiro atoms. The summed E-state index contributed by atoms with van der Waals surface area (Å²) in [6.45, 7) is 9.76. The molecular formula is C10H22N+. The molecule has 1 heteroatoms. The summed E-state index contributed by atoms with van der Waals surface area (Å²) < 4.78 is 1.30. The number of hydrogen-bond acceptors (Lipinski definition) is 0. The van der Waals surface area contributed by atoms with Crippen molar-refractivity contribution in [2.75, 3.05) is 20.1 Å². The van der Waals surface area contributed by atoms with Crippen LogP contribution in [0.3, 0.4) is 0 Å². The molecule has 3 unspecified atom stereocenters. The Kier molecular flexibility index (Phi) is 2.58. The second-order valence-electron chi connectivity index (χ2n) is 4.22. The predicted molar refractivity (Wildman–Crippen MR) is 49.5 cm³/mol. The first-order valence-electron chi connectivity index (χ1n) is 4.98. The highest BCUT2D eigenvalue weighted by molar-refractivity contribution is 4.72. The van der Waals surface area contributed by atoms with Crippen molar-refractivity contribution in [3.05, 3.63) is 0 Å². The van der Waals surface area contributed by atoms with Crippen LogP contribution < -0.4 is 0 Å². The lowest BCUT2D eigenvalue weighted by Crippen LogP contribution is -2.47. The molecule has 0 radical (unpaired) electrons. The van der Waals surface area contributed by atoms with Crippen molar-refractivity contribution in [1.29, 1.82) is 0 Å². The van der Waals surface area contributed by atoms with Gasteiger partial charge < -0.3 is 4.48 Å². The van der Waals surface area contributed by atoms with Gasteiger partial charge in [0.25, 0.3) is 0 Å². The third-order valence-electron chi connectivity index (χ3n) is 3.92. The summed E-state index contributed by atoms with van der Waals surface area (Å²) in [5.41, 5.74) is 0. The monoisotopic (exact) mass is 156 g/mol. The van der Waals surface area contributed by atoms with Crippen LogP contribution in [0.15, 0.2) is 0 Å². The molecule has 0 amide bonds. The highest BCUT2D eigenvalue weighted by atomic mass is 15.4. The Labute approximate surface area is 71.0 Å². The van der Waals surface area contributed by atoms with E-state index in [0.717, 1.165) is 12.0 Å². The van der Waals surface area contributed by atoms with Crippen LogP contribution in [-0.4, -0.2) is 30.7 Å². The predicted octanol–water partition coefficient (Wildman–Crippen LogP) is 2.27. The van der Waals surface area contributed by atoms with E-state index in [-0.39, 0.29) is 0 Å². The van der Waals surface area contributed by atoms with Gasteiger partial charge in [0.15, 0.2) is 0 Å². The van der Waals surface area contributed by atoms with Crippen molar-refractivity contribution in [3.8, 4) is 0 Å². The molecule has 1 heterocycles. The van der Waals surface area contributed by atoms with Gasteiger partial charge in [0.05, 0.1) is 26.2 Å². The fraction of sp³-hybridized carbons (Fsp3) is 1.00. The van der Waals surface area contributed by atoms with E-state index in [2.05, 4.69) is 27.8 Å². The van der Waals surface area contributed by atoms with Gasteiger partial charge in [-0.05, 0) is 20.3 Å². The van der Waals surface area contributed by atoms with Crippen molar-refractivity contribution < 1.29 is 4.48 Å². The summed E-state index contributed by atoms with van der Waals surface area (Å²) in [6.07, 6.45) is 2.82. The molecule has 1 aliphatic heterocycles. The third kappa shape index (κ3) is 1.44. The number of nitrogens with zero attached hydrogens (tertiary/aromatic N) is 1. The van der Waals surface area contributed by atoms with Crippen molar-refractivity contribution in [2.24, 2.45) is 5.92 Å². The molecule has 1 fully saturated rings. The van der Waals surface area contributed by atoms with Crippen molar-refractivity contribution in [2.45, 2.75) is 39.7 Å². The van der Waals surface area contributed by atoms with Gasteiger partial charge in [-0.15, -0.1) is 0 Å². The Hall–Kier alpha value is -0.0400. The van der Waals surface area contributed by atoms with Gasteiger partial charge in [-0.2, -0.15) is 0 Å². The van der Waals surface area contributed by atoms with Crippen LogP contribution in [0, 0.1) is 5.92 Å². The molecule has 3 atom stereocenters. The van der Waals surface area contributed by atoms with E-state index in [9.17, 15) is 0 Å². The van der Waals surface area contributed by atoms with Crippen LogP contribution in [0.2, 0.25) is 0 Å². The maximum Gasteiger partial charge on any atom is 0.0890 e. The van der Waals surface area contributed by atoms with Gasteiger partial charge in [0.2, 0.25) is 0 Å². The number of rotatable bonds is 2. The zero-order valence-electron chi connectivity index (χ0n) is 8.43. The van der Waals surface area contributed by atoms with Crippen LogP contribution in [0.4, 0.5) is 0 Å². The Bertz CT molecular complexity index is 133. The second-order valence-corrected chi connectivity index (χ2v) is 4.22. The van der Waals surface area contributed by atoms with E-state index >= 15 is 0 Å². The van der Waals surface area contributed by atoms with Gasteiger partial charge >= 0.3 is 0 Å². The molecule has 0 aromatic rings. The van der Waals surface area contributed by atoms with E-state index in [1.807, 2.05) is 0 Å². The molecule has 1 rings (SSSR count). The highest BCUT2D eigenvalue weighted by Gasteiger charge is 2.39. The molecule has 11 heavy (non-hydrogen) atoms. The molecule has 0 saturated carbocycles. The van der Waals surface area contributed by atoms with Gasteiger partial charge in [-0.1, -0.05) is 6.92 Å². The summed E-state index contributed by atoms with van der Waals surface area (Å²) in [6, 6.07) is 0.894. The zero-order valence-corrected chi connectivity index (χ0v) is 8.43. The Morgan fingerprint density at radius 2 is 2.00 bits per heavy atom. The standard InChI is InChI=1S/C10H22N/c1-5-10-7-8-11(4,6-2)9(10)3/h9-10H,5-8H2,1-4H3/q+1. The fourth-order valence-corrected chi connectivity index (χ4v) is 2.41. The highest BCUT2D eigenvalue weighted by Crippen LogP contribution is 2.31. The molecule has 0 aliphatic carbocycles. The molecule has 1 aliphatic rings. The van der Waals surface area contributed by atoms with E-state index < -0.39 is 0 Å². The molecule has 1 saturated heterocycles. The van der Waals surface area contributed by atoms with Crippen molar-refractivity contribution in [3.63, 3.8) is 0 Å². The minimum Gasteiger partial charge on any atom is -0.324 e. The Morgan fingerprint density at radius 1 is 1.36 bits per heavy atom. The van der Waals surface area contributed by atoms with Gasteiger partial charge in [-0.3, -0.25) is 0 Å². The summed E-state index contributed by atoms with van der Waals surface area (Å²) in [4.78, 5) is 0. The lowest BCUT2D eigenvalue weighted by atomic mass is 9.99. The van der Waals surface area contributed by atoms with E-state index in [4.69, 9.17) is 0 Å². The average Bonchev–Trinajstić information content (AvgIpc) is 2.31. The van der Waals surface area contributed by atoms with Crippen LogP contribution in [0.5, 0.6) is 0 Å². The quantitative estimate of drug-likeness (QED) is 0.538. The minimum absolute atomic E-state index is 0.894. The maximum atomic E-state index is 2.42. The van der Waals surface area contributed by atoms with Gasteiger partial charge in [0.1, 0.15) is 0 Å². The zero-order chi connectivity index (χ0) is 8.48. The summed E-state index contributed by atoms with van der Waals surface area (Å²) in [7, 11) is 2.40. The third-order valence-corrected chi connectivity index (χ3v) is 3.92. The largest absolute Gasteiger partial charge is 0.324 e. The van der Waals surface area contributed by atoms with E-state index in [1.54, 1.807) is 0 Å². The minimum atomic E-state index is 0.894. The molecular weight excluding hydrogens is 134 g/mol. The lowest BCUT2D eigenvalue weighted by Gasteiger charge is -2.34. The summed E-state index contributed by atoms with van der Waals surface area (Å²) in [5.74, 6) is 0.986. The molecule has 66 valence electrons. The average molecular weight is 156 g/mol. The molecule has 1 nitrogen and oxygen atoms in total. The number of quaternary nitrogens is 1. The summed E-state index contributed by atoms with van der Waals surface area (Å²) >= 11 is 0. The second kappa shape index (κ2) is 3.14. The first-order valence-corrected chi connectivity index (χ1v) is 4.98. The lowest BCUT2D eigenvalue weighted by molar-refractivity contribution is -0.919.